The van der Waals surface area contributed by atoms with Crippen LogP contribution in [0.25, 0.3) is 0 Å². The number of piperidine rings is 1. The predicted molar refractivity (Wildman–Crippen MR) is 77.9 cm³/mol. The van der Waals surface area contributed by atoms with Crippen molar-refractivity contribution in [3.05, 3.63) is 29.8 Å². The van der Waals surface area contributed by atoms with E-state index in [2.05, 4.69) is 0 Å². The number of ketones is 1. The molecule has 1 aliphatic heterocycles. The van der Waals surface area contributed by atoms with Gasteiger partial charge in [0.2, 0.25) is 10.0 Å². The van der Waals surface area contributed by atoms with Gasteiger partial charge in [0.15, 0.2) is 0 Å². The van der Waals surface area contributed by atoms with E-state index in [1.807, 2.05) is 13.0 Å². The molecule has 0 aliphatic carbocycles. The number of carbonyl (C=O) groups is 1. The largest absolute Gasteiger partial charge is 0.299 e. The van der Waals surface area contributed by atoms with Gasteiger partial charge in [-0.3, -0.25) is 4.79 Å². The molecule has 112 valence electrons. The van der Waals surface area contributed by atoms with Crippen LogP contribution in [0.3, 0.4) is 0 Å². The summed E-state index contributed by atoms with van der Waals surface area (Å²) < 4.78 is 26.5. The van der Waals surface area contributed by atoms with E-state index in [0.717, 1.165) is 5.56 Å². The van der Waals surface area contributed by atoms with E-state index in [0.29, 0.717) is 6.42 Å². The number of hydrogen-bond acceptors (Lipinski definition) is 4. The maximum Gasteiger partial charge on any atom is 0.243 e. The lowest BCUT2D eigenvalue weighted by molar-refractivity contribution is -0.125. The zero-order valence-corrected chi connectivity index (χ0v) is 12.8. The molecular formula is C15H18N2O3S. The van der Waals surface area contributed by atoms with Gasteiger partial charge >= 0.3 is 0 Å². The van der Waals surface area contributed by atoms with Crippen LogP contribution >= 0.6 is 0 Å². The molecular weight excluding hydrogens is 288 g/mol. The SMILES string of the molecule is CCC1CN(S(=O)(=O)c2ccc(CC#N)cc2)CCC1=O. The maximum absolute atomic E-state index is 12.6. The van der Waals surface area contributed by atoms with Crippen molar-refractivity contribution in [2.75, 3.05) is 13.1 Å². The molecule has 2 rings (SSSR count). The zero-order valence-electron chi connectivity index (χ0n) is 11.9. The molecule has 1 atom stereocenters. The van der Waals surface area contributed by atoms with Crippen LogP contribution in [0, 0.1) is 17.2 Å². The predicted octanol–water partition coefficient (Wildman–Crippen LogP) is 1.74. The highest BCUT2D eigenvalue weighted by Crippen LogP contribution is 2.23. The summed E-state index contributed by atoms with van der Waals surface area (Å²) in [6.45, 7) is 2.41. The minimum atomic E-state index is -3.56. The van der Waals surface area contributed by atoms with E-state index in [9.17, 15) is 13.2 Å². The Kier molecular flexibility index (Phi) is 4.76. The molecule has 0 saturated carbocycles. The molecule has 1 fully saturated rings. The van der Waals surface area contributed by atoms with Crippen LogP contribution in [0.1, 0.15) is 25.3 Å². The second-order valence-electron chi connectivity index (χ2n) is 5.16. The Balaban J connectivity index is 2.21. The molecule has 0 amide bonds. The van der Waals surface area contributed by atoms with Crippen LogP contribution in [-0.4, -0.2) is 31.6 Å². The first kappa shape index (κ1) is 15.7. The lowest BCUT2D eigenvalue weighted by Crippen LogP contribution is -2.43. The van der Waals surface area contributed by atoms with Crippen molar-refractivity contribution in [2.24, 2.45) is 5.92 Å². The van der Waals surface area contributed by atoms with Crippen LogP contribution in [-0.2, 0) is 21.2 Å². The Labute approximate surface area is 125 Å². The summed E-state index contributed by atoms with van der Waals surface area (Å²) in [6.07, 6.45) is 1.20. The molecule has 5 nitrogen and oxygen atoms in total. The number of Topliss-reactive ketones (excluding diaryl/α,β-unsaturated/α-hetero) is 1. The van der Waals surface area contributed by atoms with Crippen molar-refractivity contribution in [1.82, 2.24) is 4.31 Å². The molecule has 6 heteroatoms. The quantitative estimate of drug-likeness (QED) is 0.849. The molecule has 0 bridgehead atoms. The molecule has 1 aliphatic rings. The van der Waals surface area contributed by atoms with Crippen LogP contribution in [0.15, 0.2) is 29.2 Å². The Morgan fingerprint density at radius 3 is 2.57 bits per heavy atom. The van der Waals surface area contributed by atoms with Gasteiger partial charge in [-0.1, -0.05) is 19.1 Å². The molecule has 1 aromatic rings. The van der Waals surface area contributed by atoms with E-state index < -0.39 is 10.0 Å². The maximum atomic E-state index is 12.6. The number of benzene rings is 1. The summed E-state index contributed by atoms with van der Waals surface area (Å²) in [5.41, 5.74) is 0.789. The number of rotatable bonds is 4. The fourth-order valence-electron chi connectivity index (χ4n) is 2.47. The first-order chi connectivity index (χ1) is 9.98. The lowest BCUT2D eigenvalue weighted by atomic mass is 9.96. The van der Waals surface area contributed by atoms with E-state index in [4.69, 9.17) is 5.26 Å². The Bertz CT molecular complexity index is 659. The average Bonchev–Trinajstić information content (AvgIpc) is 2.48. The second-order valence-corrected chi connectivity index (χ2v) is 7.10. The third-order valence-corrected chi connectivity index (χ3v) is 5.70. The summed E-state index contributed by atoms with van der Waals surface area (Å²) in [6, 6.07) is 8.39. The van der Waals surface area contributed by atoms with Gasteiger partial charge in [0.05, 0.1) is 17.4 Å². The lowest BCUT2D eigenvalue weighted by Gasteiger charge is -2.30. The van der Waals surface area contributed by atoms with E-state index in [1.165, 1.54) is 16.4 Å². The average molecular weight is 306 g/mol. The molecule has 0 aromatic heterocycles. The standard InChI is InChI=1S/C15H18N2O3S/c1-2-13-11-17(10-8-15(13)18)21(19,20)14-5-3-12(4-6-14)7-9-16/h3-6,13H,2,7-8,10-11H2,1H3. The molecule has 0 spiro atoms. The van der Waals surface area contributed by atoms with Gasteiger partial charge in [0, 0.05) is 25.4 Å². The highest BCUT2D eigenvalue weighted by atomic mass is 32.2. The van der Waals surface area contributed by atoms with Crippen molar-refractivity contribution < 1.29 is 13.2 Å². The van der Waals surface area contributed by atoms with Crippen LogP contribution in [0.5, 0.6) is 0 Å². The van der Waals surface area contributed by atoms with Crippen LogP contribution < -0.4 is 0 Å². The first-order valence-corrected chi connectivity index (χ1v) is 8.41. The summed E-state index contributed by atoms with van der Waals surface area (Å²) in [5.74, 6) is -0.0558. The molecule has 1 saturated heterocycles. The van der Waals surface area contributed by atoms with Crippen molar-refractivity contribution in [2.45, 2.75) is 31.1 Å². The number of nitrogens with zero attached hydrogens (tertiary/aromatic N) is 2. The molecule has 1 heterocycles. The number of hydrogen-bond donors (Lipinski definition) is 0. The minimum absolute atomic E-state index is 0.147. The van der Waals surface area contributed by atoms with Crippen molar-refractivity contribution in [1.29, 1.82) is 5.26 Å². The zero-order chi connectivity index (χ0) is 15.5. The topological polar surface area (TPSA) is 78.2 Å². The van der Waals surface area contributed by atoms with Crippen LogP contribution in [0.4, 0.5) is 0 Å². The fourth-order valence-corrected chi connectivity index (χ4v) is 3.96. The number of sulfonamides is 1. The minimum Gasteiger partial charge on any atom is -0.299 e. The molecule has 0 radical (unpaired) electrons. The molecule has 1 unspecified atom stereocenters. The van der Waals surface area contributed by atoms with Crippen molar-refractivity contribution >= 4 is 15.8 Å². The number of carbonyl (C=O) groups excluding carboxylic acids is 1. The Morgan fingerprint density at radius 1 is 1.33 bits per heavy atom. The van der Waals surface area contributed by atoms with Gasteiger partial charge in [-0.25, -0.2) is 8.42 Å². The summed E-state index contributed by atoms with van der Waals surface area (Å²) in [5, 5.41) is 8.63. The normalized spacial score (nSPS) is 20.2. The highest BCUT2D eigenvalue weighted by molar-refractivity contribution is 7.89. The third kappa shape index (κ3) is 3.31. The summed E-state index contributed by atoms with van der Waals surface area (Å²) in [7, 11) is -3.56. The van der Waals surface area contributed by atoms with Gasteiger partial charge in [-0.15, -0.1) is 0 Å². The summed E-state index contributed by atoms with van der Waals surface area (Å²) in [4.78, 5) is 11.9. The third-order valence-electron chi connectivity index (χ3n) is 3.82. The van der Waals surface area contributed by atoms with Gasteiger partial charge in [0.1, 0.15) is 5.78 Å². The van der Waals surface area contributed by atoms with Gasteiger partial charge < -0.3 is 0 Å². The Hall–Kier alpha value is -1.71. The molecule has 0 N–H and O–H groups in total. The van der Waals surface area contributed by atoms with Crippen LogP contribution in [0.2, 0.25) is 0 Å². The second kappa shape index (κ2) is 6.37. The van der Waals surface area contributed by atoms with E-state index in [1.54, 1.807) is 12.1 Å². The van der Waals surface area contributed by atoms with Gasteiger partial charge in [-0.2, -0.15) is 9.57 Å². The van der Waals surface area contributed by atoms with E-state index in [-0.39, 0.29) is 42.5 Å². The highest BCUT2D eigenvalue weighted by Gasteiger charge is 2.33. The molecule has 1 aromatic carbocycles. The van der Waals surface area contributed by atoms with E-state index >= 15 is 0 Å². The summed E-state index contributed by atoms with van der Waals surface area (Å²) >= 11 is 0. The fraction of sp³-hybridized carbons (Fsp3) is 0.467. The Morgan fingerprint density at radius 2 is 2.00 bits per heavy atom. The van der Waals surface area contributed by atoms with Crippen molar-refractivity contribution in [3.8, 4) is 6.07 Å². The van der Waals surface area contributed by atoms with Crippen molar-refractivity contribution in [3.63, 3.8) is 0 Å². The first-order valence-electron chi connectivity index (χ1n) is 6.97. The monoisotopic (exact) mass is 306 g/mol. The smallest absolute Gasteiger partial charge is 0.243 e. The molecule has 21 heavy (non-hydrogen) atoms. The van der Waals surface area contributed by atoms with Gasteiger partial charge in [0.25, 0.3) is 0 Å². The van der Waals surface area contributed by atoms with Gasteiger partial charge in [-0.05, 0) is 24.1 Å². The number of nitriles is 1.